The summed E-state index contributed by atoms with van der Waals surface area (Å²) in [6, 6.07) is 4.22. The van der Waals surface area contributed by atoms with Gasteiger partial charge in [0.15, 0.2) is 0 Å². The van der Waals surface area contributed by atoms with Gasteiger partial charge in [0.2, 0.25) is 0 Å². The molecule has 0 spiro atoms. The first-order valence-electron chi connectivity index (χ1n) is 6.12. The van der Waals surface area contributed by atoms with Crippen LogP contribution >= 0.6 is 0 Å². The molecule has 0 aromatic carbocycles. The van der Waals surface area contributed by atoms with Gasteiger partial charge < -0.3 is 9.13 Å². The maximum Gasteiger partial charge on any atom is 0.0952 e. The van der Waals surface area contributed by atoms with Gasteiger partial charge >= 0.3 is 0 Å². The molecule has 0 bridgehead atoms. The predicted molar refractivity (Wildman–Crippen MR) is 74.4 cm³/mol. The first-order valence-corrected chi connectivity index (χ1v) is 6.12. The van der Waals surface area contributed by atoms with E-state index in [0.717, 1.165) is 11.4 Å². The Kier molecular flexibility index (Phi) is 5.05. The summed E-state index contributed by atoms with van der Waals surface area (Å²) in [5, 5.41) is 17.0. The Morgan fingerprint density at radius 2 is 1.70 bits per heavy atom. The van der Waals surface area contributed by atoms with Crippen LogP contribution in [0.1, 0.15) is 25.2 Å². The fourth-order valence-electron chi connectivity index (χ4n) is 1.43. The number of rotatable bonds is 2. The number of aryl methyl sites for hydroxylation is 2. The molecule has 0 unspecified atom stereocenters. The largest absolute Gasteiger partial charge is 0.340 e. The van der Waals surface area contributed by atoms with Crippen LogP contribution in [0.3, 0.4) is 0 Å². The van der Waals surface area contributed by atoms with Crippen LogP contribution in [0.4, 0.5) is 0 Å². The van der Waals surface area contributed by atoms with E-state index in [1.807, 2.05) is 55.5 Å². The van der Waals surface area contributed by atoms with Crippen molar-refractivity contribution in [2.45, 2.75) is 25.7 Å². The molecule has 0 amide bonds. The molecule has 2 aromatic heterocycles. The summed E-state index contributed by atoms with van der Waals surface area (Å²) in [5.74, 6) is 0. The highest BCUT2D eigenvalue weighted by atomic mass is 15.0. The molecule has 0 aliphatic carbocycles. The molecule has 6 nitrogen and oxygen atoms in total. The highest BCUT2D eigenvalue weighted by Gasteiger charge is 2.21. The molecule has 0 saturated carbocycles. The van der Waals surface area contributed by atoms with Crippen LogP contribution in [-0.4, -0.2) is 19.1 Å². The zero-order valence-corrected chi connectivity index (χ0v) is 12.2. The SMILES string of the molecule is Cn1cnc(C(C)(C)C#N)c1.Cn1cnc(CC#N)c1. The molecule has 0 radical (unpaired) electrons. The highest BCUT2D eigenvalue weighted by molar-refractivity contribution is 5.20. The number of aromatic nitrogens is 4. The lowest BCUT2D eigenvalue weighted by Crippen LogP contribution is -2.14. The average molecular weight is 270 g/mol. The first kappa shape index (κ1) is 15.5. The maximum absolute atomic E-state index is 8.76. The summed E-state index contributed by atoms with van der Waals surface area (Å²) >= 11 is 0. The monoisotopic (exact) mass is 270 g/mol. The lowest BCUT2D eigenvalue weighted by molar-refractivity contribution is 0.663. The Bertz CT molecular complexity index is 635. The Labute approximate surface area is 118 Å². The third-order valence-corrected chi connectivity index (χ3v) is 2.64. The molecule has 0 aliphatic rings. The first-order chi connectivity index (χ1) is 9.39. The fraction of sp³-hybridized carbons (Fsp3) is 0.429. The molecule has 6 heteroatoms. The van der Waals surface area contributed by atoms with E-state index in [4.69, 9.17) is 10.5 Å². The van der Waals surface area contributed by atoms with Gasteiger partial charge in [-0.05, 0) is 13.8 Å². The molecule has 0 saturated heterocycles. The molecule has 2 heterocycles. The summed E-state index contributed by atoms with van der Waals surface area (Å²) in [4.78, 5) is 8.04. The van der Waals surface area contributed by atoms with Gasteiger partial charge in [-0.2, -0.15) is 10.5 Å². The van der Waals surface area contributed by atoms with Crippen LogP contribution in [-0.2, 0) is 25.9 Å². The van der Waals surface area contributed by atoms with Crippen molar-refractivity contribution in [3.8, 4) is 12.1 Å². The summed E-state index contributed by atoms with van der Waals surface area (Å²) in [6.07, 6.45) is 7.49. The van der Waals surface area contributed by atoms with E-state index in [0.29, 0.717) is 6.42 Å². The predicted octanol–water partition coefficient (Wildman–Crippen LogP) is 1.71. The lowest BCUT2D eigenvalue weighted by Gasteiger charge is -2.10. The van der Waals surface area contributed by atoms with Crippen LogP contribution in [0, 0.1) is 22.7 Å². The van der Waals surface area contributed by atoms with Gasteiger partial charge in [-0.3, -0.25) is 0 Å². The van der Waals surface area contributed by atoms with Crippen molar-refractivity contribution in [2.75, 3.05) is 0 Å². The number of hydrogen-bond acceptors (Lipinski definition) is 4. The second-order valence-corrected chi connectivity index (χ2v) is 5.03. The number of nitriles is 2. The van der Waals surface area contributed by atoms with Crippen molar-refractivity contribution in [1.29, 1.82) is 10.5 Å². The van der Waals surface area contributed by atoms with Crippen LogP contribution in [0.15, 0.2) is 25.0 Å². The summed E-state index contributed by atoms with van der Waals surface area (Å²) in [5.41, 5.74) is 1.18. The van der Waals surface area contributed by atoms with E-state index in [9.17, 15) is 0 Å². The van der Waals surface area contributed by atoms with Crippen LogP contribution in [0.5, 0.6) is 0 Å². The molecular formula is C14H18N6. The summed E-state index contributed by atoms with van der Waals surface area (Å²) in [7, 11) is 3.78. The smallest absolute Gasteiger partial charge is 0.0952 e. The molecule has 2 aromatic rings. The van der Waals surface area contributed by atoms with Crippen LogP contribution in [0.2, 0.25) is 0 Å². The van der Waals surface area contributed by atoms with E-state index in [1.165, 1.54) is 0 Å². The maximum atomic E-state index is 8.76. The van der Waals surface area contributed by atoms with Crippen LogP contribution in [0.25, 0.3) is 0 Å². The van der Waals surface area contributed by atoms with Gasteiger partial charge in [-0.25, -0.2) is 9.97 Å². The highest BCUT2D eigenvalue weighted by Crippen LogP contribution is 2.18. The van der Waals surface area contributed by atoms with Gasteiger partial charge in [0.1, 0.15) is 0 Å². The van der Waals surface area contributed by atoms with E-state index in [2.05, 4.69) is 16.0 Å². The zero-order valence-electron chi connectivity index (χ0n) is 12.2. The number of nitrogens with zero attached hydrogens (tertiary/aromatic N) is 6. The van der Waals surface area contributed by atoms with E-state index in [1.54, 1.807) is 12.7 Å². The van der Waals surface area contributed by atoms with E-state index in [-0.39, 0.29) is 0 Å². The van der Waals surface area contributed by atoms with E-state index < -0.39 is 5.41 Å². The molecule has 0 aliphatic heterocycles. The summed E-state index contributed by atoms with van der Waals surface area (Å²) < 4.78 is 3.67. The quantitative estimate of drug-likeness (QED) is 0.831. The Balaban J connectivity index is 0.000000204. The number of hydrogen-bond donors (Lipinski definition) is 0. The molecule has 0 fully saturated rings. The van der Waals surface area contributed by atoms with E-state index >= 15 is 0 Å². The Morgan fingerprint density at radius 3 is 2.10 bits per heavy atom. The minimum atomic E-state index is -0.471. The van der Waals surface area contributed by atoms with Crippen LogP contribution < -0.4 is 0 Å². The molecule has 104 valence electrons. The molecular weight excluding hydrogens is 252 g/mol. The van der Waals surface area contributed by atoms with Crippen molar-refractivity contribution in [3.63, 3.8) is 0 Å². The minimum absolute atomic E-state index is 0.404. The van der Waals surface area contributed by atoms with Gasteiger partial charge in [0, 0.05) is 26.5 Å². The van der Waals surface area contributed by atoms with Crippen molar-refractivity contribution in [1.82, 2.24) is 19.1 Å². The normalized spacial score (nSPS) is 10.1. The standard InChI is InChI=1S/C8H11N3.C6H7N3/c1-8(2,5-9)7-4-11(3)6-10-7;1-9-4-6(2-3-7)8-5-9/h4,6H,1-3H3;4-5H,2H2,1H3. The van der Waals surface area contributed by atoms with Crippen molar-refractivity contribution in [3.05, 3.63) is 36.4 Å². The second-order valence-electron chi connectivity index (χ2n) is 5.03. The number of imidazole rings is 2. The summed E-state index contributed by atoms with van der Waals surface area (Å²) in [6.45, 7) is 3.71. The van der Waals surface area contributed by atoms with Gasteiger partial charge in [0.05, 0.1) is 48.0 Å². The van der Waals surface area contributed by atoms with Gasteiger partial charge in [0.25, 0.3) is 0 Å². The Morgan fingerprint density at radius 1 is 1.10 bits per heavy atom. The molecule has 20 heavy (non-hydrogen) atoms. The van der Waals surface area contributed by atoms with Crippen molar-refractivity contribution >= 4 is 0 Å². The second kappa shape index (κ2) is 6.53. The van der Waals surface area contributed by atoms with Gasteiger partial charge in [-0.1, -0.05) is 0 Å². The van der Waals surface area contributed by atoms with Crippen molar-refractivity contribution in [2.24, 2.45) is 14.1 Å². The average Bonchev–Trinajstić information content (AvgIpc) is 3.00. The third kappa shape index (κ3) is 4.25. The Hall–Kier alpha value is -2.60. The molecule has 0 atom stereocenters. The third-order valence-electron chi connectivity index (χ3n) is 2.64. The van der Waals surface area contributed by atoms with Crippen molar-refractivity contribution < 1.29 is 0 Å². The lowest BCUT2D eigenvalue weighted by atomic mass is 9.92. The van der Waals surface area contributed by atoms with Gasteiger partial charge in [-0.15, -0.1) is 0 Å². The zero-order chi connectivity index (χ0) is 15.2. The topological polar surface area (TPSA) is 83.2 Å². The fourth-order valence-corrected chi connectivity index (χ4v) is 1.43. The molecule has 2 rings (SSSR count). The molecule has 0 N–H and O–H groups in total. The minimum Gasteiger partial charge on any atom is -0.340 e.